The summed E-state index contributed by atoms with van der Waals surface area (Å²) in [6, 6.07) is 10.7. The lowest BCUT2D eigenvalue weighted by Crippen LogP contribution is -2.43. The van der Waals surface area contributed by atoms with Gasteiger partial charge in [0.25, 0.3) is 5.91 Å². The Morgan fingerprint density at radius 1 is 1.14 bits per heavy atom. The van der Waals surface area contributed by atoms with Gasteiger partial charge in [0.05, 0.1) is 16.1 Å². The van der Waals surface area contributed by atoms with Crippen molar-refractivity contribution in [1.29, 1.82) is 0 Å². The van der Waals surface area contributed by atoms with E-state index in [1.165, 1.54) is 0 Å². The van der Waals surface area contributed by atoms with E-state index < -0.39 is 36.0 Å². The van der Waals surface area contributed by atoms with E-state index >= 15 is 0 Å². The van der Waals surface area contributed by atoms with Crippen LogP contribution in [0.5, 0.6) is 0 Å². The monoisotopic (exact) mass is 453 g/mol. The predicted molar refractivity (Wildman–Crippen MR) is 112 cm³/mol. The van der Waals surface area contributed by atoms with Gasteiger partial charge >= 0.3 is 6.03 Å². The molecule has 3 rings (SSSR count). The highest BCUT2D eigenvalue weighted by molar-refractivity contribution is 6.42. The van der Waals surface area contributed by atoms with Crippen molar-refractivity contribution in [3.05, 3.63) is 68.7 Å². The highest BCUT2D eigenvalue weighted by Gasteiger charge is 2.49. The van der Waals surface area contributed by atoms with Gasteiger partial charge in [0.1, 0.15) is 12.1 Å². The Morgan fingerprint density at radius 2 is 1.86 bits per heavy atom. The molecule has 1 aliphatic rings. The molecule has 1 aliphatic heterocycles. The molecule has 1 saturated heterocycles. The van der Waals surface area contributed by atoms with Gasteiger partial charge in [0, 0.05) is 5.02 Å². The Kier molecular flexibility index (Phi) is 6.08. The highest BCUT2D eigenvalue weighted by Crippen LogP contribution is 2.30. The molecule has 1 heterocycles. The number of amides is 4. The van der Waals surface area contributed by atoms with Crippen LogP contribution in [-0.4, -0.2) is 29.3 Å². The second-order valence-corrected chi connectivity index (χ2v) is 8.17. The number of imide groups is 1. The predicted octanol–water partition coefficient (Wildman–Crippen LogP) is 4.29. The first-order valence-electron chi connectivity index (χ1n) is 8.76. The SMILES string of the molecule is CC(NC(=O)CN1C(=O)NC(C)(c2cccc(Cl)c2)C1=O)c1ccc(Cl)c(Cl)c1. The van der Waals surface area contributed by atoms with Crippen LogP contribution in [0.1, 0.15) is 31.0 Å². The third-order valence-electron chi connectivity index (χ3n) is 4.80. The average Bonchev–Trinajstić information content (AvgIpc) is 2.88. The first-order chi connectivity index (χ1) is 13.6. The Balaban J connectivity index is 1.71. The normalized spacial score (nSPS) is 19.8. The molecule has 0 bridgehead atoms. The summed E-state index contributed by atoms with van der Waals surface area (Å²) in [5.74, 6) is -1.01. The fourth-order valence-corrected chi connectivity index (χ4v) is 3.63. The van der Waals surface area contributed by atoms with E-state index in [4.69, 9.17) is 34.8 Å². The fraction of sp³-hybridized carbons (Fsp3) is 0.250. The van der Waals surface area contributed by atoms with Crippen LogP contribution < -0.4 is 10.6 Å². The minimum absolute atomic E-state index is 0.372. The van der Waals surface area contributed by atoms with Gasteiger partial charge in [0.15, 0.2) is 0 Å². The molecule has 0 aromatic heterocycles. The van der Waals surface area contributed by atoms with Gasteiger partial charge in [-0.05, 0) is 49.2 Å². The second kappa shape index (κ2) is 8.22. The molecule has 2 aromatic rings. The topological polar surface area (TPSA) is 78.5 Å². The summed E-state index contributed by atoms with van der Waals surface area (Å²) >= 11 is 17.9. The van der Waals surface area contributed by atoms with Gasteiger partial charge in [-0.2, -0.15) is 0 Å². The third-order valence-corrected chi connectivity index (χ3v) is 5.77. The largest absolute Gasteiger partial charge is 0.348 e. The standard InChI is InChI=1S/C20H18Cl3N3O3/c1-11(12-6-7-15(22)16(23)8-12)24-17(27)10-26-18(28)20(2,25-19(26)29)13-4-3-5-14(21)9-13/h3-9,11H,10H2,1-2H3,(H,24,27)(H,25,29). The molecule has 0 spiro atoms. The maximum atomic E-state index is 12.9. The average molecular weight is 455 g/mol. The van der Waals surface area contributed by atoms with Crippen LogP contribution in [0.25, 0.3) is 0 Å². The first kappa shape index (κ1) is 21.4. The minimum atomic E-state index is -1.29. The van der Waals surface area contributed by atoms with Gasteiger partial charge in [-0.1, -0.05) is 53.0 Å². The van der Waals surface area contributed by atoms with Crippen molar-refractivity contribution in [2.75, 3.05) is 6.54 Å². The number of nitrogens with zero attached hydrogens (tertiary/aromatic N) is 1. The summed E-state index contributed by atoms with van der Waals surface area (Å²) in [4.78, 5) is 38.6. The summed E-state index contributed by atoms with van der Waals surface area (Å²) in [5.41, 5.74) is -0.0124. The van der Waals surface area contributed by atoms with Crippen LogP contribution in [0.3, 0.4) is 0 Å². The van der Waals surface area contributed by atoms with Gasteiger partial charge in [-0.25, -0.2) is 4.79 Å². The van der Waals surface area contributed by atoms with Gasteiger partial charge in [-0.3, -0.25) is 14.5 Å². The van der Waals surface area contributed by atoms with Gasteiger partial charge in [0.2, 0.25) is 5.91 Å². The van der Waals surface area contributed by atoms with E-state index in [2.05, 4.69) is 10.6 Å². The lowest BCUT2D eigenvalue weighted by Gasteiger charge is -2.22. The Bertz CT molecular complexity index is 998. The summed E-state index contributed by atoms with van der Waals surface area (Å²) in [6.45, 7) is 2.93. The lowest BCUT2D eigenvalue weighted by atomic mass is 9.92. The Labute approximate surface area is 183 Å². The molecule has 9 heteroatoms. The van der Waals surface area contributed by atoms with Crippen LogP contribution in [0.2, 0.25) is 15.1 Å². The fourth-order valence-electron chi connectivity index (χ4n) is 3.13. The molecule has 2 unspecified atom stereocenters. The first-order valence-corrected chi connectivity index (χ1v) is 9.89. The van der Waals surface area contributed by atoms with Gasteiger partial charge < -0.3 is 10.6 Å². The Morgan fingerprint density at radius 3 is 2.52 bits per heavy atom. The number of hydrogen-bond donors (Lipinski definition) is 2. The maximum Gasteiger partial charge on any atom is 0.325 e. The van der Waals surface area contributed by atoms with Crippen molar-refractivity contribution in [1.82, 2.24) is 15.5 Å². The summed E-state index contributed by atoms with van der Waals surface area (Å²) in [6.07, 6.45) is 0. The van der Waals surface area contributed by atoms with Crippen LogP contribution in [-0.2, 0) is 15.1 Å². The number of carbonyl (C=O) groups excluding carboxylic acids is 3. The molecule has 0 radical (unpaired) electrons. The smallest absolute Gasteiger partial charge is 0.325 e. The van der Waals surface area contributed by atoms with Crippen LogP contribution in [0, 0.1) is 0 Å². The second-order valence-electron chi connectivity index (χ2n) is 6.92. The molecule has 2 N–H and O–H groups in total. The molecule has 6 nitrogen and oxygen atoms in total. The number of nitrogens with one attached hydrogen (secondary N) is 2. The van der Waals surface area contributed by atoms with Crippen molar-refractivity contribution >= 4 is 52.6 Å². The lowest BCUT2D eigenvalue weighted by molar-refractivity contribution is -0.135. The number of urea groups is 1. The van der Waals surface area contributed by atoms with Crippen LogP contribution >= 0.6 is 34.8 Å². The zero-order valence-corrected chi connectivity index (χ0v) is 17.9. The van der Waals surface area contributed by atoms with E-state index in [1.807, 2.05) is 0 Å². The molecule has 1 fully saturated rings. The molecule has 152 valence electrons. The molecule has 29 heavy (non-hydrogen) atoms. The summed E-state index contributed by atoms with van der Waals surface area (Å²) < 4.78 is 0. The van der Waals surface area contributed by atoms with E-state index in [0.717, 1.165) is 10.5 Å². The van der Waals surface area contributed by atoms with E-state index in [9.17, 15) is 14.4 Å². The number of rotatable bonds is 5. The minimum Gasteiger partial charge on any atom is -0.348 e. The zero-order chi connectivity index (χ0) is 21.3. The maximum absolute atomic E-state index is 12.9. The molecular weight excluding hydrogens is 437 g/mol. The quantitative estimate of drug-likeness (QED) is 0.662. The number of carbonyl (C=O) groups is 3. The molecular formula is C20H18Cl3N3O3. The number of hydrogen-bond acceptors (Lipinski definition) is 3. The van der Waals surface area contributed by atoms with E-state index in [0.29, 0.717) is 20.6 Å². The van der Waals surface area contributed by atoms with Crippen molar-refractivity contribution in [3.63, 3.8) is 0 Å². The molecule has 2 atom stereocenters. The van der Waals surface area contributed by atoms with Crippen LogP contribution in [0.15, 0.2) is 42.5 Å². The van der Waals surface area contributed by atoms with Crippen molar-refractivity contribution in [2.24, 2.45) is 0 Å². The molecule has 0 saturated carbocycles. The van der Waals surface area contributed by atoms with Crippen molar-refractivity contribution in [2.45, 2.75) is 25.4 Å². The van der Waals surface area contributed by atoms with Gasteiger partial charge in [-0.15, -0.1) is 0 Å². The molecule has 0 aliphatic carbocycles. The van der Waals surface area contributed by atoms with Crippen molar-refractivity contribution in [3.8, 4) is 0 Å². The van der Waals surface area contributed by atoms with E-state index in [1.54, 1.807) is 56.3 Å². The summed E-state index contributed by atoms with van der Waals surface area (Å²) in [5, 5.41) is 6.62. The van der Waals surface area contributed by atoms with Crippen LogP contribution in [0.4, 0.5) is 4.79 Å². The third kappa shape index (κ3) is 4.34. The Hall–Kier alpha value is -2.28. The number of benzene rings is 2. The molecule has 2 aromatic carbocycles. The van der Waals surface area contributed by atoms with Crippen molar-refractivity contribution < 1.29 is 14.4 Å². The summed E-state index contributed by atoms with van der Waals surface area (Å²) in [7, 11) is 0. The highest BCUT2D eigenvalue weighted by atomic mass is 35.5. The number of halogens is 3. The zero-order valence-electron chi connectivity index (χ0n) is 15.6. The van der Waals surface area contributed by atoms with E-state index in [-0.39, 0.29) is 0 Å². The molecule has 4 amide bonds.